The van der Waals surface area contributed by atoms with Gasteiger partial charge in [-0.05, 0) is 65.9 Å². The lowest BCUT2D eigenvalue weighted by Crippen LogP contribution is -2.20. The van der Waals surface area contributed by atoms with Crippen LogP contribution < -0.4 is 10.1 Å². The Morgan fingerprint density at radius 2 is 1.95 bits per heavy atom. The van der Waals surface area contributed by atoms with Crippen molar-refractivity contribution in [2.75, 3.05) is 33.4 Å². The number of benzene rings is 1. The molecule has 4 heteroatoms. The summed E-state index contributed by atoms with van der Waals surface area (Å²) in [4.78, 5) is 0. The summed E-state index contributed by atoms with van der Waals surface area (Å²) in [5, 5.41) is 3.37. The molecule has 0 radical (unpaired) electrons. The minimum atomic E-state index is 0.772. The number of unbranched alkanes of at least 4 members (excludes halogenated alkanes) is 2. The van der Waals surface area contributed by atoms with Crippen molar-refractivity contribution < 1.29 is 9.47 Å². The second-order valence-electron chi connectivity index (χ2n) is 5.17. The minimum absolute atomic E-state index is 0.772. The van der Waals surface area contributed by atoms with Crippen LogP contribution in [0.4, 0.5) is 0 Å². The lowest BCUT2D eigenvalue weighted by atomic mass is 10.1. The smallest absolute Gasteiger partial charge is 0.133 e. The van der Waals surface area contributed by atoms with Crippen LogP contribution in [-0.4, -0.2) is 33.4 Å². The Kier molecular flexibility index (Phi) is 10.6. The fourth-order valence-electron chi connectivity index (χ4n) is 2.08. The largest absolute Gasteiger partial charge is 0.492 e. The molecule has 3 nitrogen and oxygen atoms in total. The number of methoxy groups -OCH3 is 1. The molecule has 0 saturated carbocycles. The fraction of sp³-hybridized carbons (Fsp3) is 0.647. The molecule has 0 spiro atoms. The number of hydrogen-bond acceptors (Lipinski definition) is 3. The molecule has 120 valence electrons. The first-order valence-electron chi connectivity index (χ1n) is 7.88. The van der Waals surface area contributed by atoms with Crippen molar-refractivity contribution in [3.05, 3.63) is 28.2 Å². The lowest BCUT2D eigenvalue weighted by Gasteiger charge is -2.09. The maximum absolute atomic E-state index is 5.67. The predicted molar refractivity (Wildman–Crippen MR) is 92.2 cm³/mol. The molecule has 0 aromatic heterocycles. The van der Waals surface area contributed by atoms with Crippen LogP contribution in [0.15, 0.2) is 22.7 Å². The van der Waals surface area contributed by atoms with E-state index in [0.29, 0.717) is 0 Å². The third-order valence-corrected chi connectivity index (χ3v) is 3.88. The van der Waals surface area contributed by atoms with E-state index in [1.54, 1.807) is 7.11 Å². The zero-order valence-corrected chi connectivity index (χ0v) is 14.9. The highest BCUT2D eigenvalue weighted by Gasteiger charge is 2.02. The van der Waals surface area contributed by atoms with Gasteiger partial charge in [0.05, 0.1) is 17.7 Å². The fourth-order valence-corrected chi connectivity index (χ4v) is 2.62. The molecule has 0 unspecified atom stereocenters. The Morgan fingerprint density at radius 1 is 1.10 bits per heavy atom. The SMILES string of the molecule is CCCOc1ccc(CCCCCNCCOC)cc1Br. The van der Waals surface area contributed by atoms with Gasteiger partial charge in [0.2, 0.25) is 0 Å². The molecule has 0 aliphatic carbocycles. The number of rotatable bonds is 12. The summed E-state index contributed by atoms with van der Waals surface area (Å²) in [6.07, 6.45) is 5.87. The summed E-state index contributed by atoms with van der Waals surface area (Å²) < 4.78 is 11.7. The Morgan fingerprint density at radius 3 is 2.67 bits per heavy atom. The van der Waals surface area contributed by atoms with Crippen LogP contribution in [0.2, 0.25) is 0 Å². The van der Waals surface area contributed by atoms with Gasteiger partial charge in [0.25, 0.3) is 0 Å². The summed E-state index contributed by atoms with van der Waals surface area (Å²) in [6.45, 7) is 5.71. The van der Waals surface area contributed by atoms with E-state index >= 15 is 0 Å². The highest BCUT2D eigenvalue weighted by Crippen LogP contribution is 2.26. The van der Waals surface area contributed by atoms with Crippen LogP contribution in [-0.2, 0) is 11.2 Å². The van der Waals surface area contributed by atoms with Gasteiger partial charge in [0, 0.05) is 13.7 Å². The third kappa shape index (κ3) is 8.44. The Balaban J connectivity index is 2.16. The summed E-state index contributed by atoms with van der Waals surface area (Å²) in [7, 11) is 1.73. The van der Waals surface area contributed by atoms with E-state index < -0.39 is 0 Å². The molecule has 0 aliphatic heterocycles. The second kappa shape index (κ2) is 12.0. The van der Waals surface area contributed by atoms with Gasteiger partial charge in [0.1, 0.15) is 5.75 Å². The van der Waals surface area contributed by atoms with Gasteiger partial charge in [-0.3, -0.25) is 0 Å². The minimum Gasteiger partial charge on any atom is -0.492 e. The molecule has 0 atom stereocenters. The first-order valence-corrected chi connectivity index (χ1v) is 8.68. The molecule has 1 aromatic rings. The molecule has 1 N–H and O–H groups in total. The van der Waals surface area contributed by atoms with E-state index in [1.165, 1.54) is 24.8 Å². The van der Waals surface area contributed by atoms with Crippen LogP contribution in [0, 0.1) is 0 Å². The van der Waals surface area contributed by atoms with E-state index in [1.807, 2.05) is 0 Å². The molecule has 21 heavy (non-hydrogen) atoms. The number of nitrogens with one attached hydrogen (secondary N) is 1. The van der Waals surface area contributed by atoms with E-state index in [9.17, 15) is 0 Å². The van der Waals surface area contributed by atoms with Crippen LogP contribution in [0.1, 0.15) is 38.2 Å². The Labute approximate surface area is 137 Å². The first kappa shape index (κ1) is 18.5. The number of hydrogen-bond donors (Lipinski definition) is 1. The van der Waals surface area contributed by atoms with Crippen molar-refractivity contribution in [1.82, 2.24) is 5.32 Å². The highest BCUT2D eigenvalue weighted by atomic mass is 79.9. The van der Waals surface area contributed by atoms with Gasteiger partial charge in [0.15, 0.2) is 0 Å². The van der Waals surface area contributed by atoms with Gasteiger partial charge in [-0.15, -0.1) is 0 Å². The van der Waals surface area contributed by atoms with Crippen molar-refractivity contribution in [3.8, 4) is 5.75 Å². The summed E-state index contributed by atoms with van der Waals surface area (Å²) in [6, 6.07) is 6.43. The predicted octanol–water partition coefficient (Wildman–Crippen LogP) is 4.19. The molecule has 1 rings (SSSR count). The molecular weight excluding hydrogens is 330 g/mol. The quantitative estimate of drug-likeness (QED) is 0.569. The van der Waals surface area contributed by atoms with Crippen molar-refractivity contribution >= 4 is 15.9 Å². The van der Waals surface area contributed by atoms with E-state index in [2.05, 4.69) is 46.4 Å². The second-order valence-corrected chi connectivity index (χ2v) is 6.02. The average molecular weight is 358 g/mol. The topological polar surface area (TPSA) is 30.5 Å². The number of aryl methyl sites for hydroxylation is 1. The molecular formula is C17H28BrNO2. The van der Waals surface area contributed by atoms with Gasteiger partial charge in [-0.25, -0.2) is 0 Å². The molecule has 0 saturated heterocycles. The monoisotopic (exact) mass is 357 g/mol. The zero-order valence-electron chi connectivity index (χ0n) is 13.3. The number of ether oxygens (including phenoxy) is 2. The highest BCUT2D eigenvalue weighted by molar-refractivity contribution is 9.10. The molecule has 0 bridgehead atoms. The molecule has 1 aromatic carbocycles. The lowest BCUT2D eigenvalue weighted by molar-refractivity contribution is 0.199. The van der Waals surface area contributed by atoms with Gasteiger partial charge >= 0.3 is 0 Å². The maximum Gasteiger partial charge on any atom is 0.133 e. The molecule has 0 fully saturated rings. The maximum atomic E-state index is 5.67. The summed E-state index contributed by atoms with van der Waals surface area (Å²) in [5.74, 6) is 0.947. The summed E-state index contributed by atoms with van der Waals surface area (Å²) in [5.41, 5.74) is 1.37. The van der Waals surface area contributed by atoms with Crippen LogP contribution in [0.3, 0.4) is 0 Å². The van der Waals surface area contributed by atoms with Crippen molar-refractivity contribution in [2.45, 2.75) is 39.0 Å². The normalized spacial score (nSPS) is 10.8. The molecule has 0 amide bonds. The first-order chi connectivity index (χ1) is 10.3. The molecule has 0 aliphatic rings. The standard InChI is InChI=1S/C17H28BrNO2/c1-3-12-21-17-9-8-15(14-16(17)18)7-5-4-6-10-19-11-13-20-2/h8-9,14,19H,3-7,10-13H2,1-2H3. The van der Waals surface area contributed by atoms with Crippen LogP contribution >= 0.6 is 15.9 Å². The van der Waals surface area contributed by atoms with Gasteiger partial charge < -0.3 is 14.8 Å². The van der Waals surface area contributed by atoms with E-state index in [0.717, 1.165) is 49.4 Å². The van der Waals surface area contributed by atoms with E-state index in [-0.39, 0.29) is 0 Å². The van der Waals surface area contributed by atoms with Gasteiger partial charge in [-0.2, -0.15) is 0 Å². The van der Waals surface area contributed by atoms with Gasteiger partial charge in [-0.1, -0.05) is 19.4 Å². The zero-order chi connectivity index (χ0) is 15.3. The van der Waals surface area contributed by atoms with Crippen LogP contribution in [0.25, 0.3) is 0 Å². The van der Waals surface area contributed by atoms with Crippen molar-refractivity contribution in [2.24, 2.45) is 0 Å². The average Bonchev–Trinajstić information content (AvgIpc) is 2.49. The Hall–Kier alpha value is -0.580. The van der Waals surface area contributed by atoms with Crippen molar-refractivity contribution in [1.29, 1.82) is 0 Å². The van der Waals surface area contributed by atoms with Crippen LogP contribution in [0.5, 0.6) is 5.75 Å². The Bertz CT molecular complexity index is 385. The molecule has 0 heterocycles. The third-order valence-electron chi connectivity index (χ3n) is 3.26. The number of halogens is 1. The van der Waals surface area contributed by atoms with E-state index in [4.69, 9.17) is 9.47 Å². The summed E-state index contributed by atoms with van der Waals surface area (Å²) >= 11 is 3.59. The van der Waals surface area contributed by atoms with Crippen molar-refractivity contribution in [3.63, 3.8) is 0 Å².